The molecule has 5 N–H and O–H groups in total. The number of anilines is 2. The van der Waals surface area contributed by atoms with E-state index in [-0.39, 0.29) is 6.61 Å². The molecule has 18 heavy (non-hydrogen) atoms. The fraction of sp³-hybridized carbons (Fsp3) is 0.462. The lowest BCUT2D eigenvalue weighted by Gasteiger charge is -2.39. The van der Waals surface area contributed by atoms with Gasteiger partial charge in [0.25, 0.3) is 5.91 Å². The summed E-state index contributed by atoms with van der Waals surface area (Å²) in [7, 11) is 0. The SMILES string of the molecule is NC(=O)c1cccc(N(CCO)C2CCC2)c1N. The maximum atomic E-state index is 11.3. The molecule has 98 valence electrons. The van der Waals surface area contributed by atoms with E-state index < -0.39 is 5.91 Å². The number of nitrogens with two attached hydrogens (primary N) is 2. The van der Waals surface area contributed by atoms with E-state index in [4.69, 9.17) is 16.6 Å². The molecule has 1 amide bonds. The number of rotatable bonds is 5. The van der Waals surface area contributed by atoms with Gasteiger partial charge in [-0.1, -0.05) is 6.07 Å². The summed E-state index contributed by atoms with van der Waals surface area (Å²) in [4.78, 5) is 13.4. The Balaban J connectivity index is 2.34. The molecule has 1 aromatic carbocycles. The van der Waals surface area contributed by atoms with Gasteiger partial charge >= 0.3 is 0 Å². The largest absolute Gasteiger partial charge is 0.396 e. The predicted octanol–water partition coefficient (Wildman–Crippen LogP) is 0.719. The predicted molar refractivity (Wildman–Crippen MR) is 71.4 cm³/mol. The molecule has 1 fully saturated rings. The van der Waals surface area contributed by atoms with Crippen LogP contribution in [0, 0.1) is 0 Å². The lowest BCUT2D eigenvalue weighted by Crippen LogP contribution is -2.42. The number of benzene rings is 1. The average Bonchev–Trinajstić information content (AvgIpc) is 2.26. The van der Waals surface area contributed by atoms with Crippen LogP contribution in [-0.2, 0) is 0 Å². The number of para-hydroxylation sites is 1. The van der Waals surface area contributed by atoms with Crippen LogP contribution in [0.15, 0.2) is 18.2 Å². The molecule has 5 heteroatoms. The van der Waals surface area contributed by atoms with Crippen LogP contribution in [0.3, 0.4) is 0 Å². The van der Waals surface area contributed by atoms with E-state index in [9.17, 15) is 4.79 Å². The summed E-state index contributed by atoms with van der Waals surface area (Å²) in [6.45, 7) is 0.591. The maximum absolute atomic E-state index is 11.3. The second-order valence-corrected chi connectivity index (χ2v) is 4.60. The summed E-state index contributed by atoms with van der Waals surface area (Å²) in [6.07, 6.45) is 3.39. The molecule has 1 aliphatic carbocycles. The number of hydrogen-bond donors (Lipinski definition) is 3. The van der Waals surface area contributed by atoms with Gasteiger partial charge in [-0.15, -0.1) is 0 Å². The Labute approximate surface area is 106 Å². The van der Waals surface area contributed by atoms with Gasteiger partial charge in [-0.05, 0) is 31.4 Å². The van der Waals surface area contributed by atoms with Crippen molar-refractivity contribution in [2.75, 3.05) is 23.8 Å². The number of amides is 1. The molecule has 0 saturated heterocycles. The molecule has 0 bridgehead atoms. The Hall–Kier alpha value is -1.75. The van der Waals surface area contributed by atoms with Crippen LogP contribution in [-0.4, -0.2) is 30.2 Å². The number of hydrogen-bond acceptors (Lipinski definition) is 4. The Bertz CT molecular complexity index is 444. The molecule has 0 aliphatic heterocycles. The van der Waals surface area contributed by atoms with Crippen molar-refractivity contribution in [1.82, 2.24) is 0 Å². The van der Waals surface area contributed by atoms with Crippen molar-refractivity contribution in [3.8, 4) is 0 Å². The third-order valence-corrected chi connectivity index (χ3v) is 3.51. The third-order valence-electron chi connectivity index (χ3n) is 3.51. The van der Waals surface area contributed by atoms with Crippen LogP contribution in [0.2, 0.25) is 0 Å². The van der Waals surface area contributed by atoms with Crippen LogP contribution in [0.4, 0.5) is 11.4 Å². The van der Waals surface area contributed by atoms with Crippen molar-refractivity contribution >= 4 is 17.3 Å². The summed E-state index contributed by atoms with van der Waals surface area (Å²) >= 11 is 0. The van der Waals surface area contributed by atoms with Crippen LogP contribution < -0.4 is 16.4 Å². The van der Waals surface area contributed by atoms with Gasteiger partial charge in [0.15, 0.2) is 0 Å². The van der Waals surface area contributed by atoms with E-state index in [1.54, 1.807) is 12.1 Å². The standard InChI is InChI=1S/C13H19N3O2/c14-12-10(13(15)18)5-2-6-11(12)16(7-8-17)9-3-1-4-9/h2,5-6,9,17H,1,3-4,7-8,14H2,(H2,15,18). The molecule has 0 aromatic heterocycles. The van der Waals surface area contributed by atoms with Crippen LogP contribution in [0.5, 0.6) is 0 Å². The lowest BCUT2D eigenvalue weighted by atomic mass is 9.90. The Morgan fingerprint density at radius 1 is 1.44 bits per heavy atom. The Morgan fingerprint density at radius 2 is 2.17 bits per heavy atom. The van der Waals surface area contributed by atoms with Crippen molar-refractivity contribution in [2.24, 2.45) is 5.73 Å². The molecule has 1 aromatic rings. The number of aliphatic hydroxyl groups excluding tert-OH is 1. The molecule has 0 spiro atoms. The van der Waals surface area contributed by atoms with Gasteiger partial charge in [0, 0.05) is 12.6 Å². The summed E-state index contributed by atoms with van der Waals surface area (Å²) in [6, 6.07) is 5.67. The molecular weight excluding hydrogens is 230 g/mol. The first-order chi connectivity index (χ1) is 8.65. The zero-order valence-corrected chi connectivity index (χ0v) is 10.3. The summed E-state index contributed by atoms with van der Waals surface area (Å²) in [5, 5.41) is 9.16. The van der Waals surface area contributed by atoms with Crippen molar-refractivity contribution in [3.05, 3.63) is 23.8 Å². The highest BCUT2D eigenvalue weighted by atomic mass is 16.3. The van der Waals surface area contributed by atoms with Crippen LogP contribution >= 0.6 is 0 Å². The van der Waals surface area contributed by atoms with Gasteiger partial charge in [-0.3, -0.25) is 4.79 Å². The van der Waals surface area contributed by atoms with Crippen molar-refractivity contribution in [3.63, 3.8) is 0 Å². The van der Waals surface area contributed by atoms with Gasteiger partial charge < -0.3 is 21.5 Å². The van der Waals surface area contributed by atoms with Crippen molar-refractivity contribution in [1.29, 1.82) is 0 Å². The fourth-order valence-corrected chi connectivity index (χ4v) is 2.32. The zero-order valence-electron chi connectivity index (χ0n) is 10.3. The second-order valence-electron chi connectivity index (χ2n) is 4.60. The number of carbonyl (C=O) groups excluding carboxylic acids is 1. The van der Waals surface area contributed by atoms with E-state index in [0.717, 1.165) is 18.5 Å². The monoisotopic (exact) mass is 249 g/mol. The van der Waals surface area contributed by atoms with Crippen LogP contribution in [0.1, 0.15) is 29.6 Å². The average molecular weight is 249 g/mol. The first-order valence-corrected chi connectivity index (χ1v) is 6.21. The number of primary amides is 1. The minimum absolute atomic E-state index is 0.0662. The molecule has 2 rings (SSSR count). The first-order valence-electron chi connectivity index (χ1n) is 6.21. The van der Waals surface area contributed by atoms with Gasteiger partial charge in [0.05, 0.1) is 23.5 Å². The molecule has 0 atom stereocenters. The van der Waals surface area contributed by atoms with E-state index in [1.807, 2.05) is 6.07 Å². The summed E-state index contributed by atoms with van der Waals surface area (Å²) in [5.41, 5.74) is 12.8. The highest BCUT2D eigenvalue weighted by Crippen LogP contribution is 2.34. The zero-order chi connectivity index (χ0) is 13.1. The topological polar surface area (TPSA) is 92.6 Å². The molecule has 1 aliphatic rings. The highest BCUT2D eigenvalue weighted by molar-refractivity contribution is 6.00. The van der Waals surface area contributed by atoms with Crippen molar-refractivity contribution in [2.45, 2.75) is 25.3 Å². The Kier molecular flexibility index (Phi) is 3.72. The highest BCUT2D eigenvalue weighted by Gasteiger charge is 2.26. The first kappa shape index (κ1) is 12.7. The molecular formula is C13H19N3O2. The minimum atomic E-state index is -0.521. The van der Waals surface area contributed by atoms with E-state index in [2.05, 4.69) is 4.90 Å². The molecule has 1 saturated carbocycles. The number of aliphatic hydroxyl groups is 1. The van der Waals surface area contributed by atoms with Gasteiger partial charge in [0.2, 0.25) is 0 Å². The minimum Gasteiger partial charge on any atom is -0.396 e. The van der Waals surface area contributed by atoms with E-state index in [1.165, 1.54) is 6.42 Å². The molecule has 0 heterocycles. The Morgan fingerprint density at radius 3 is 2.67 bits per heavy atom. The van der Waals surface area contributed by atoms with Crippen molar-refractivity contribution < 1.29 is 9.90 Å². The third kappa shape index (κ3) is 2.26. The molecule has 0 radical (unpaired) electrons. The van der Waals surface area contributed by atoms with Gasteiger partial charge in [0.1, 0.15) is 0 Å². The molecule has 5 nitrogen and oxygen atoms in total. The normalized spacial score (nSPS) is 15.2. The quantitative estimate of drug-likeness (QED) is 0.670. The van der Waals surface area contributed by atoms with Gasteiger partial charge in [-0.25, -0.2) is 0 Å². The second kappa shape index (κ2) is 5.27. The lowest BCUT2D eigenvalue weighted by molar-refractivity contribution is 0.100. The molecule has 0 unspecified atom stereocenters. The number of nitrogen functional groups attached to an aromatic ring is 1. The fourth-order valence-electron chi connectivity index (χ4n) is 2.32. The summed E-state index contributed by atoms with van der Waals surface area (Å²) < 4.78 is 0. The maximum Gasteiger partial charge on any atom is 0.250 e. The van der Waals surface area contributed by atoms with E-state index in [0.29, 0.717) is 23.8 Å². The number of carbonyl (C=O) groups is 1. The smallest absolute Gasteiger partial charge is 0.250 e. The summed E-state index contributed by atoms with van der Waals surface area (Å²) in [5.74, 6) is -0.521. The number of nitrogens with zero attached hydrogens (tertiary/aromatic N) is 1. The van der Waals surface area contributed by atoms with E-state index >= 15 is 0 Å². The van der Waals surface area contributed by atoms with Gasteiger partial charge in [-0.2, -0.15) is 0 Å². The van der Waals surface area contributed by atoms with Crippen LogP contribution in [0.25, 0.3) is 0 Å².